The van der Waals surface area contributed by atoms with Crippen LogP contribution in [-0.4, -0.2) is 18.0 Å². The lowest BCUT2D eigenvalue weighted by Crippen LogP contribution is -2.40. The normalized spacial score (nSPS) is 12.2. The quantitative estimate of drug-likeness (QED) is 0.891. The summed E-state index contributed by atoms with van der Waals surface area (Å²) < 4.78 is 38.2. The van der Waals surface area contributed by atoms with Gasteiger partial charge in [0.1, 0.15) is 0 Å². The van der Waals surface area contributed by atoms with Crippen molar-refractivity contribution in [1.29, 1.82) is 0 Å². The Hall–Kier alpha value is -1.72. The van der Waals surface area contributed by atoms with Gasteiger partial charge in [-0.3, -0.25) is 4.79 Å². The molecule has 0 aliphatic rings. The van der Waals surface area contributed by atoms with Crippen LogP contribution in [0.4, 0.5) is 18.9 Å². The van der Waals surface area contributed by atoms with Gasteiger partial charge >= 0.3 is 6.18 Å². The highest BCUT2D eigenvalue weighted by Crippen LogP contribution is 2.32. The van der Waals surface area contributed by atoms with E-state index in [1.54, 1.807) is 20.8 Å². The van der Waals surface area contributed by atoms with Gasteiger partial charge in [-0.1, -0.05) is 0 Å². The van der Waals surface area contributed by atoms with Crippen molar-refractivity contribution in [3.05, 3.63) is 29.3 Å². The van der Waals surface area contributed by atoms with Gasteiger partial charge in [0.15, 0.2) is 0 Å². The van der Waals surface area contributed by atoms with E-state index < -0.39 is 23.2 Å². The highest BCUT2D eigenvalue weighted by atomic mass is 19.4. The number of hydrogen-bond acceptors (Lipinski definition) is 2. The molecule has 6 heteroatoms. The lowest BCUT2D eigenvalue weighted by atomic mass is 10.0. The molecule has 0 aromatic heterocycles. The predicted octanol–water partition coefficient (Wildman–Crippen LogP) is 3.67. The Labute approximate surface area is 116 Å². The molecule has 20 heavy (non-hydrogen) atoms. The number of amides is 1. The highest BCUT2D eigenvalue weighted by molar-refractivity contribution is 6.00. The molecule has 0 saturated heterocycles. The SMILES string of the molecule is CCNc1ccc(C(F)(F)F)cc1C(=O)NC(C)(C)C. The number of carbonyl (C=O) groups excluding carboxylic acids is 1. The van der Waals surface area contributed by atoms with E-state index in [-0.39, 0.29) is 5.56 Å². The Morgan fingerprint density at radius 2 is 1.80 bits per heavy atom. The molecule has 3 nitrogen and oxygen atoms in total. The summed E-state index contributed by atoms with van der Waals surface area (Å²) in [4.78, 5) is 12.1. The second-order valence-electron chi connectivity index (χ2n) is 5.49. The van der Waals surface area contributed by atoms with Gasteiger partial charge in [-0.15, -0.1) is 0 Å². The number of halogens is 3. The Kier molecular flexibility index (Phi) is 4.68. The Morgan fingerprint density at radius 1 is 1.20 bits per heavy atom. The minimum absolute atomic E-state index is 0.00315. The summed E-state index contributed by atoms with van der Waals surface area (Å²) in [5, 5.41) is 5.56. The van der Waals surface area contributed by atoms with Crippen molar-refractivity contribution < 1.29 is 18.0 Å². The van der Waals surface area contributed by atoms with E-state index in [4.69, 9.17) is 0 Å². The van der Waals surface area contributed by atoms with E-state index in [0.29, 0.717) is 12.2 Å². The molecule has 0 aliphatic carbocycles. The van der Waals surface area contributed by atoms with Gasteiger partial charge in [-0.05, 0) is 45.9 Å². The van der Waals surface area contributed by atoms with Gasteiger partial charge in [0.25, 0.3) is 5.91 Å². The van der Waals surface area contributed by atoms with Crippen LogP contribution in [0.5, 0.6) is 0 Å². The molecule has 0 fully saturated rings. The minimum Gasteiger partial charge on any atom is -0.385 e. The predicted molar refractivity (Wildman–Crippen MR) is 72.8 cm³/mol. The fourth-order valence-electron chi connectivity index (χ4n) is 1.66. The molecule has 2 N–H and O–H groups in total. The monoisotopic (exact) mass is 288 g/mol. The molecule has 0 heterocycles. The van der Waals surface area contributed by atoms with Crippen molar-refractivity contribution in [2.24, 2.45) is 0 Å². The van der Waals surface area contributed by atoms with Crippen LogP contribution >= 0.6 is 0 Å². The standard InChI is InChI=1S/C14H19F3N2O/c1-5-18-11-7-6-9(14(15,16)17)8-10(11)12(20)19-13(2,3)4/h6-8,18H,5H2,1-4H3,(H,19,20). The van der Waals surface area contributed by atoms with Crippen LogP contribution in [-0.2, 0) is 6.18 Å². The van der Waals surface area contributed by atoms with Crippen LogP contribution in [0.25, 0.3) is 0 Å². The molecule has 0 unspecified atom stereocenters. The van der Waals surface area contributed by atoms with Crippen LogP contribution in [0.3, 0.4) is 0 Å². The maximum absolute atomic E-state index is 12.7. The van der Waals surface area contributed by atoms with Gasteiger partial charge in [0.2, 0.25) is 0 Å². The number of benzene rings is 1. The first-order chi connectivity index (χ1) is 9.04. The molecule has 112 valence electrons. The maximum atomic E-state index is 12.7. The van der Waals surface area contributed by atoms with Crippen molar-refractivity contribution in [3.8, 4) is 0 Å². The molecule has 1 aromatic carbocycles. The number of rotatable bonds is 3. The van der Waals surface area contributed by atoms with Crippen molar-refractivity contribution in [2.45, 2.75) is 39.4 Å². The molecule has 1 amide bonds. The number of nitrogens with one attached hydrogen (secondary N) is 2. The zero-order chi connectivity index (χ0) is 15.6. The summed E-state index contributed by atoms with van der Waals surface area (Å²) in [5.41, 5.74) is -0.966. The zero-order valence-electron chi connectivity index (χ0n) is 12.0. The van der Waals surface area contributed by atoms with Crippen LogP contribution in [0.2, 0.25) is 0 Å². The van der Waals surface area contributed by atoms with E-state index in [2.05, 4.69) is 10.6 Å². The van der Waals surface area contributed by atoms with Crippen molar-refractivity contribution in [1.82, 2.24) is 5.32 Å². The van der Waals surface area contributed by atoms with Crippen LogP contribution in [0.15, 0.2) is 18.2 Å². The molecule has 0 spiro atoms. The summed E-state index contributed by atoms with van der Waals surface area (Å²) in [6, 6.07) is 3.12. The average Bonchev–Trinajstić information content (AvgIpc) is 2.26. The maximum Gasteiger partial charge on any atom is 0.416 e. The van der Waals surface area contributed by atoms with E-state index in [1.807, 2.05) is 6.92 Å². The largest absolute Gasteiger partial charge is 0.416 e. The van der Waals surface area contributed by atoms with E-state index in [0.717, 1.165) is 12.1 Å². The lowest BCUT2D eigenvalue weighted by molar-refractivity contribution is -0.137. The molecular formula is C14H19F3N2O. The topological polar surface area (TPSA) is 41.1 Å². The van der Waals surface area contributed by atoms with Gasteiger partial charge in [-0.25, -0.2) is 0 Å². The average molecular weight is 288 g/mol. The Morgan fingerprint density at radius 3 is 2.25 bits per heavy atom. The second kappa shape index (κ2) is 5.73. The summed E-state index contributed by atoms with van der Waals surface area (Å²) in [7, 11) is 0. The third-order valence-electron chi connectivity index (χ3n) is 2.45. The Bertz CT molecular complexity index is 490. The number of carbonyl (C=O) groups is 1. The smallest absolute Gasteiger partial charge is 0.385 e. The number of hydrogen-bond donors (Lipinski definition) is 2. The first kappa shape index (κ1) is 16.3. The minimum atomic E-state index is -4.47. The van der Waals surface area contributed by atoms with Gasteiger partial charge in [-0.2, -0.15) is 13.2 Å². The molecule has 1 aromatic rings. The molecule has 1 rings (SSSR count). The fourth-order valence-corrected chi connectivity index (χ4v) is 1.66. The third-order valence-corrected chi connectivity index (χ3v) is 2.45. The molecule has 0 radical (unpaired) electrons. The summed E-state index contributed by atoms with van der Waals surface area (Å²) in [5.74, 6) is -0.528. The summed E-state index contributed by atoms with van der Waals surface area (Å²) in [6.45, 7) is 7.63. The molecule has 0 atom stereocenters. The van der Waals surface area contributed by atoms with Crippen LogP contribution in [0.1, 0.15) is 43.6 Å². The first-order valence-corrected chi connectivity index (χ1v) is 6.32. The van der Waals surface area contributed by atoms with E-state index in [1.165, 1.54) is 6.07 Å². The van der Waals surface area contributed by atoms with E-state index >= 15 is 0 Å². The third kappa shape index (κ3) is 4.43. The van der Waals surface area contributed by atoms with Crippen molar-refractivity contribution in [3.63, 3.8) is 0 Å². The molecular weight excluding hydrogens is 269 g/mol. The Balaban J connectivity index is 3.22. The zero-order valence-corrected chi connectivity index (χ0v) is 12.0. The molecule has 0 saturated carbocycles. The van der Waals surface area contributed by atoms with Gasteiger partial charge in [0, 0.05) is 17.8 Å². The fraction of sp³-hybridized carbons (Fsp3) is 0.500. The van der Waals surface area contributed by atoms with Crippen LogP contribution < -0.4 is 10.6 Å². The summed E-state index contributed by atoms with van der Waals surface area (Å²) >= 11 is 0. The number of anilines is 1. The number of alkyl halides is 3. The lowest BCUT2D eigenvalue weighted by Gasteiger charge is -2.22. The van der Waals surface area contributed by atoms with Crippen molar-refractivity contribution in [2.75, 3.05) is 11.9 Å². The van der Waals surface area contributed by atoms with Crippen LogP contribution in [0, 0.1) is 0 Å². The van der Waals surface area contributed by atoms with E-state index in [9.17, 15) is 18.0 Å². The molecule has 0 aliphatic heterocycles. The van der Waals surface area contributed by atoms with Gasteiger partial charge < -0.3 is 10.6 Å². The highest BCUT2D eigenvalue weighted by Gasteiger charge is 2.32. The second-order valence-corrected chi connectivity index (χ2v) is 5.49. The summed E-state index contributed by atoms with van der Waals surface area (Å²) in [6.07, 6.45) is -4.47. The van der Waals surface area contributed by atoms with Gasteiger partial charge in [0.05, 0.1) is 11.1 Å². The molecule has 0 bridgehead atoms. The first-order valence-electron chi connectivity index (χ1n) is 6.32. The van der Waals surface area contributed by atoms with Crippen molar-refractivity contribution >= 4 is 11.6 Å².